The highest BCUT2D eigenvalue weighted by atomic mass is 15.4. The molecule has 4 fully saturated rings. The fourth-order valence-electron chi connectivity index (χ4n) is 3.49. The van der Waals surface area contributed by atoms with Crippen LogP contribution in [0.3, 0.4) is 0 Å². The molecule has 2 bridgehead atoms. The third-order valence-electron chi connectivity index (χ3n) is 4.79. The molecule has 3 heteroatoms. The van der Waals surface area contributed by atoms with E-state index in [1.807, 2.05) is 0 Å². The van der Waals surface area contributed by atoms with Gasteiger partial charge in [0, 0.05) is 31.2 Å². The predicted molar refractivity (Wildman–Crippen MR) is 62.0 cm³/mol. The van der Waals surface area contributed by atoms with E-state index in [-0.39, 0.29) is 0 Å². The summed E-state index contributed by atoms with van der Waals surface area (Å²) in [6, 6.07) is 2.65. The number of piperazine rings is 1. The molecule has 15 heavy (non-hydrogen) atoms. The molecular formula is C12H23N3. The number of piperidine rings is 2. The molecule has 2 unspecified atom stereocenters. The maximum atomic E-state index is 2.77. The van der Waals surface area contributed by atoms with Crippen molar-refractivity contribution in [3.63, 3.8) is 0 Å². The molecule has 86 valence electrons. The maximum Gasteiger partial charge on any atom is 0.0239 e. The van der Waals surface area contributed by atoms with E-state index in [0.717, 1.165) is 18.1 Å². The van der Waals surface area contributed by atoms with Crippen LogP contribution in [0, 0.1) is 0 Å². The van der Waals surface area contributed by atoms with Gasteiger partial charge in [-0.1, -0.05) is 0 Å². The molecule has 0 aromatic carbocycles. The Morgan fingerprint density at radius 1 is 0.867 bits per heavy atom. The first kappa shape index (κ1) is 10.1. The second-order valence-electron chi connectivity index (χ2n) is 5.70. The van der Waals surface area contributed by atoms with Gasteiger partial charge in [0.15, 0.2) is 0 Å². The van der Waals surface area contributed by atoms with E-state index in [0.29, 0.717) is 0 Å². The fourth-order valence-corrected chi connectivity index (χ4v) is 3.49. The molecular weight excluding hydrogens is 186 g/mol. The highest BCUT2D eigenvalue weighted by Gasteiger charge is 2.43. The SMILES string of the molecule is CN1CCC(N2CC3CC(C2)N3C)CC1. The van der Waals surface area contributed by atoms with E-state index >= 15 is 0 Å². The molecule has 0 saturated carbocycles. The second kappa shape index (κ2) is 3.72. The minimum Gasteiger partial charge on any atom is -0.306 e. The first-order valence-corrected chi connectivity index (χ1v) is 6.38. The molecule has 0 spiro atoms. The predicted octanol–water partition coefficient (Wildman–Crippen LogP) is 0.469. The van der Waals surface area contributed by atoms with Crippen LogP contribution in [0.25, 0.3) is 0 Å². The van der Waals surface area contributed by atoms with Crippen LogP contribution in [-0.4, -0.2) is 73.1 Å². The molecule has 0 aromatic heterocycles. The van der Waals surface area contributed by atoms with Crippen molar-refractivity contribution in [1.29, 1.82) is 0 Å². The lowest BCUT2D eigenvalue weighted by atomic mass is 9.86. The highest BCUT2D eigenvalue weighted by molar-refractivity contribution is 5.00. The van der Waals surface area contributed by atoms with Crippen LogP contribution in [0.15, 0.2) is 0 Å². The van der Waals surface area contributed by atoms with Crippen LogP contribution < -0.4 is 0 Å². The summed E-state index contributed by atoms with van der Waals surface area (Å²) in [5.41, 5.74) is 0. The normalized spacial score (nSPS) is 40.4. The molecule has 4 heterocycles. The molecule has 0 aromatic rings. The van der Waals surface area contributed by atoms with E-state index in [2.05, 4.69) is 28.8 Å². The molecule has 4 rings (SSSR count). The van der Waals surface area contributed by atoms with Crippen molar-refractivity contribution in [2.45, 2.75) is 37.4 Å². The van der Waals surface area contributed by atoms with Gasteiger partial charge in [0.05, 0.1) is 0 Å². The minimum absolute atomic E-state index is 0.878. The van der Waals surface area contributed by atoms with Crippen molar-refractivity contribution in [3.8, 4) is 0 Å². The first-order valence-electron chi connectivity index (χ1n) is 6.38. The monoisotopic (exact) mass is 209 g/mol. The molecule has 4 saturated heterocycles. The van der Waals surface area contributed by atoms with Gasteiger partial charge in [0.25, 0.3) is 0 Å². The molecule has 0 amide bonds. The van der Waals surface area contributed by atoms with E-state index < -0.39 is 0 Å². The zero-order valence-electron chi connectivity index (χ0n) is 10.0. The highest BCUT2D eigenvalue weighted by Crippen LogP contribution is 2.32. The quantitative estimate of drug-likeness (QED) is 0.621. The standard InChI is InChI=1S/C12H23N3/c1-13-5-3-10(4-6-13)15-8-11-7-12(9-15)14(11)2/h10-12H,3-9H2,1-2H3. The Bertz CT molecular complexity index is 223. The van der Waals surface area contributed by atoms with Crippen molar-refractivity contribution >= 4 is 0 Å². The number of nitrogens with zero attached hydrogens (tertiary/aromatic N) is 3. The zero-order chi connectivity index (χ0) is 10.4. The Hall–Kier alpha value is -0.120. The van der Waals surface area contributed by atoms with Crippen LogP contribution in [0.4, 0.5) is 0 Å². The summed E-state index contributed by atoms with van der Waals surface area (Å²) in [5.74, 6) is 0. The van der Waals surface area contributed by atoms with Gasteiger partial charge in [-0.15, -0.1) is 0 Å². The summed E-state index contributed by atoms with van der Waals surface area (Å²) >= 11 is 0. The Morgan fingerprint density at radius 2 is 1.47 bits per heavy atom. The average Bonchev–Trinajstić information content (AvgIpc) is 2.29. The second-order valence-corrected chi connectivity index (χ2v) is 5.70. The van der Waals surface area contributed by atoms with Crippen LogP contribution in [0.5, 0.6) is 0 Å². The van der Waals surface area contributed by atoms with E-state index in [4.69, 9.17) is 0 Å². The van der Waals surface area contributed by atoms with Gasteiger partial charge in [-0.05, 0) is 46.4 Å². The largest absolute Gasteiger partial charge is 0.306 e. The lowest BCUT2D eigenvalue weighted by Crippen LogP contribution is -2.68. The lowest BCUT2D eigenvalue weighted by molar-refractivity contribution is -0.0721. The summed E-state index contributed by atoms with van der Waals surface area (Å²) in [5, 5.41) is 0. The van der Waals surface area contributed by atoms with Gasteiger partial charge in [-0.25, -0.2) is 0 Å². The average molecular weight is 209 g/mol. The summed E-state index contributed by atoms with van der Waals surface area (Å²) in [6.07, 6.45) is 4.24. The van der Waals surface area contributed by atoms with Crippen LogP contribution >= 0.6 is 0 Å². The van der Waals surface area contributed by atoms with Crippen molar-refractivity contribution in [2.75, 3.05) is 40.3 Å². The summed E-state index contributed by atoms with van der Waals surface area (Å²) in [4.78, 5) is 7.81. The molecule has 4 aliphatic heterocycles. The van der Waals surface area contributed by atoms with E-state index in [9.17, 15) is 0 Å². The van der Waals surface area contributed by atoms with Crippen molar-refractivity contribution in [2.24, 2.45) is 0 Å². The number of likely N-dealkylation sites (N-methyl/N-ethyl adjacent to an activating group) is 1. The molecule has 2 atom stereocenters. The number of hydrogen-bond donors (Lipinski definition) is 0. The van der Waals surface area contributed by atoms with Gasteiger partial charge in [-0.3, -0.25) is 9.80 Å². The smallest absolute Gasteiger partial charge is 0.0239 e. The Kier molecular flexibility index (Phi) is 2.49. The summed E-state index contributed by atoms with van der Waals surface area (Å²) in [7, 11) is 4.54. The van der Waals surface area contributed by atoms with Crippen molar-refractivity contribution in [3.05, 3.63) is 0 Å². The molecule has 0 radical (unpaired) electrons. The van der Waals surface area contributed by atoms with E-state index in [1.165, 1.54) is 45.4 Å². The molecule has 3 nitrogen and oxygen atoms in total. The van der Waals surface area contributed by atoms with Crippen LogP contribution in [0.2, 0.25) is 0 Å². The van der Waals surface area contributed by atoms with Gasteiger partial charge >= 0.3 is 0 Å². The fraction of sp³-hybridized carbons (Fsp3) is 1.00. The summed E-state index contributed by atoms with van der Waals surface area (Å²) in [6.45, 7) is 5.27. The van der Waals surface area contributed by atoms with Crippen LogP contribution in [0.1, 0.15) is 19.3 Å². The Labute approximate surface area is 93.0 Å². The topological polar surface area (TPSA) is 9.72 Å². The Balaban J connectivity index is 1.56. The molecule has 4 aliphatic rings. The minimum atomic E-state index is 0.878. The zero-order valence-corrected chi connectivity index (χ0v) is 10.0. The third kappa shape index (κ3) is 1.71. The van der Waals surface area contributed by atoms with Crippen LogP contribution in [-0.2, 0) is 0 Å². The van der Waals surface area contributed by atoms with Gasteiger partial charge in [0.1, 0.15) is 0 Å². The van der Waals surface area contributed by atoms with Crippen molar-refractivity contribution < 1.29 is 0 Å². The van der Waals surface area contributed by atoms with Gasteiger partial charge < -0.3 is 4.90 Å². The van der Waals surface area contributed by atoms with E-state index in [1.54, 1.807) is 0 Å². The maximum absolute atomic E-state index is 2.77. The molecule has 0 aliphatic carbocycles. The number of rotatable bonds is 1. The number of likely N-dealkylation sites (tertiary alicyclic amines) is 1. The van der Waals surface area contributed by atoms with Gasteiger partial charge in [0.2, 0.25) is 0 Å². The number of fused-ring (bicyclic) bond motifs is 2. The lowest BCUT2D eigenvalue weighted by Gasteiger charge is -2.57. The van der Waals surface area contributed by atoms with Crippen molar-refractivity contribution in [1.82, 2.24) is 14.7 Å². The number of hydrogen-bond acceptors (Lipinski definition) is 3. The molecule has 0 N–H and O–H groups in total. The Morgan fingerprint density at radius 3 is 2.00 bits per heavy atom. The first-order chi connectivity index (χ1) is 7.24. The van der Waals surface area contributed by atoms with Gasteiger partial charge in [-0.2, -0.15) is 0 Å². The summed E-state index contributed by atoms with van der Waals surface area (Å²) < 4.78 is 0. The third-order valence-corrected chi connectivity index (χ3v) is 4.79.